The number of aliphatic hydroxyl groups is 1. The first-order valence-electron chi connectivity index (χ1n) is 4.32. The van der Waals surface area contributed by atoms with Crippen molar-refractivity contribution in [2.45, 2.75) is 6.04 Å². The molecule has 0 bridgehead atoms. The van der Waals surface area contributed by atoms with Crippen molar-refractivity contribution in [1.29, 1.82) is 0 Å². The van der Waals surface area contributed by atoms with Gasteiger partial charge < -0.3 is 10.4 Å². The summed E-state index contributed by atoms with van der Waals surface area (Å²) >= 11 is 0. The van der Waals surface area contributed by atoms with E-state index in [4.69, 9.17) is 5.11 Å². The summed E-state index contributed by atoms with van der Waals surface area (Å²) in [5.41, 5.74) is -0.103. The Kier molecular flexibility index (Phi) is 3.70. The summed E-state index contributed by atoms with van der Waals surface area (Å²) in [6.45, 7) is -0.209. The van der Waals surface area contributed by atoms with Crippen molar-refractivity contribution < 1.29 is 14.4 Å². The summed E-state index contributed by atoms with van der Waals surface area (Å²) in [5, 5.41) is 22.2. The van der Waals surface area contributed by atoms with Crippen LogP contribution < -0.4 is 5.32 Å². The van der Waals surface area contributed by atoms with Gasteiger partial charge in [-0.05, 0) is 18.7 Å². The van der Waals surface area contributed by atoms with Gasteiger partial charge in [-0.1, -0.05) is 6.07 Å². The zero-order chi connectivity index (χ0) is 11.4. The van der Waals surface area contributed by atoms with Crippen molar-refractivity contribution in [1.82, 2.24) is 5.32 Å². The molecule has 1 aromatic carbocycles. The van der Waals surface area contributed by atoms with Gasteiger partial charge in [0.05, 0.1) is 17.6 Å². The molecule has 15 heavy (non-hydrogen) atoms. The molecule has 82 valence electrons. The number of nitrogens with zero attached hydrogens (tertiary/aromatic N) is 1. The third-order valence-electron chi connectivity index (χ3n) is 2.10. The molecule has 0 saturated carbocycles. The van der Waals surface area contributed by atoms with Crippen LogP contribution in [0.2, 0.25) is 0 Å². The van der Waals surface area contributed by atoms with Crippen LogP contribution in [0.3, 0.4) is 0 Å². The average Bonchev–Trinajstić information content (AvgIpc) is 2.21. The third kappa shape index (κ3) is 2.48. The van der Waals surface area contributed by atoms with Gasteiger partial charge in [0.25, 0.3) is 0 Å². The van der Waals surface area contributed by atoms with E-state index < -0.39 is 22.5 Å². The number of aliphatic hydroxyl groups excluding tert-OH is 1. The van der Waals surface area contributed by atoms with Crippen LogP contribution >= 0.6 is 0 Å². The second kappa shape index (κ2) is 4.81. The molecule has 0 amide bonds. The summed E-state index contributed by atoms with van der Waals surface area (Å²) in [4.78, 5) is 9.67. The minimum absolute atomic E-state index is 0.209. The van der Waals surface area contributed by atoms with Crippen LogP contribution in [0.4, 0.5) is 10.1 Å². The van der Waals surface area contributed by atoms with Gasteiger partial charge in [0, 0.05) is 6.07 Å². The van der Waals surface area contributed by atoms with E-state index in [1.54, 1.807) is 7.05 Å². The number of benzene rings is 1. The van der Waals surface area contributed by atoms with Crippen LogP contribution in [0.5, 0.6) is 0 Å². The van der Waals surface area contributed by atoms with E-state index in [-0.39, 0.29) is 6.61 Å². The maximum Gasteiger partial charge on any atom is 0.305 e. The number of nitrogens with one attached hydrogen (secondary N) is 1. The minimum Gasteiger partial charge on any atom is -0.394 e. The van der Waals surface area contributed by atoms with E-state index in [2.05, 4.69) is 5.32 Å². The van der Waals surface area contributed by atoms with E-state index in [0.717, 1.165) is 12.1 Å². The molecule has 1 atom stereocenters. The molecule has 2 N–H and O–H groups in total. The van der Waals surface area contributed by atoms with Crippen LogP contribution in [0.25, 0.3) is 0 Å². The highest BCUT2D eigenvalue weighted by Crippen LogP contribution is 2.22. The largest absolute Gasteiger partial charge is 0.394 e. The van der Waals surface area contributed by atoms with Crippen molar-refractivity contribution in [2.75, 3.05) is 13.7 Å². The van der Waals surface area contributed by atoms with Gasteiger partial charge in [-0.2, -0.15) is 4.39 Å². The summed E-state index contributed by atoms with van der Waals surface area (Å²) in [5.74, 6) is -0.878. The SMILES string of the molecule is CNC(CO)c1ccc(F)c([N+](=O)[O-])c1. The Hall–Kier alpha value is -1.53. The van der Waals surface area contributed by atoms with Crippen molar-refractivity contribution in [2.24, 2.45) is 0 Å². The molecule has 0 spiro atoms. The van der Waals surface area contributed by atoms with Gasteiger partial charge in [0.1, 0.15) is 0 Å². The lowest BCUT2D eigenvalue weighted by molar-refractivity contribution is -0.387. The maximum atomic E-state index is 13.0. The van der Waals surface area contributed by atoms with Crippen LogP contribution in [0, 0.1) is 15.9 Å². The van der Waals surface area contributed by atoms with Gasteiger partial charge in [-0.25, -0.2) is 0 Å². The molecular weight excluding hydrogens is 203 g/mol. The summed E-state index contributed by atoms with van der Waals surface area (Å²) < 4.78 is 13.0. The Balaban J connectivity index is 3.11. The fourth-order valence-electron chi connectivity index (χ4n) is 1.25. The molecule has 0 saturated heterocycles. The molecule has 0 aliphatic heterocycles. The summed E-state index contributed by atoms with van der Waals surface area (Å²) in [6, 6.07) is 3.11. The number of nitro groups is 1. The second-order valence-electron chi connectivity index (χ2n) is 2.99. The minimum atomic E-state index is -0.878. The lowest BCUT2D eigenvalue weighted by atomic mass is 10.1. The smallest absolute Gasteiger partial charge is 0.305 e. The number of nitro benzene ring substituents is 1. The van der Waals surface area contributed by atoms with Gasteiger partial charge >= 0.3 is 5.69 Å². The molecule has 1 unspecified atom stereocenters. The first kappa shape index (κ1) is 11.5. The molecule has 6 heteroatoms. The van der Waals surface area contributed by atoms with Gasteiger partial charge in [-0.3, -0.25) is 10.1 Å². The summed E-state index contributed by atoms with van der Waals surface area (Å²) in [6.07, 6.45) is 0. The molecule has 0 heterocycles. The Morgan fingerprint density at radius 3 is 2.80 bits per heavy atom. The van der Waals surface area contributed by atoms with E-state index in [1.165, 1.54) is 6.07 Å². The fraction of sp³-hybridized carbons (Fsp3) is 0.333. The first-order valence-corrected chi connectivity index (χ1v) is 4.32. The number of likely N-dealkylation sites (N-methyl/N-ethyl adjacent to an activating group) is 1. The number of rotatable bonds is 4. The second-order valence-corrected chi connectivity index (χ2v) is 2.99. The number of hydrogen-bond acceptors (Lipinski definition) is 4. The normalized spacial score (nSPS) is 12.5. The van der Waals surface area contributed by atoms with E-state index in [0.29, 0.717) is 5.56 Å². The molecule has 0 fully saturated rings. The van der Waals surface area contributed by atoms with Crippen molar-refractivity contribution in [3.63, 3.8) is 0 Å². The van der Waals surface area contributed by atoms with Gasteiger partial charge in [-0.15, -0.1) is 0 Å². The molecular formula is C9H11FN2O3. The summed E-state index contributed by atoms with van der Waals surface area (Å²) in [7, 11) is 1.61. The quantitative estimate of drug-likeness (QED) is 0.578. The van der Waals surface area contributed by atoms with E-state index in [9.17, 15) is 14.5 Å². The standard InChI is InChI=1S/C9H11FN2O3/c1-11-8(5-13)6-2-3-7(10)9(4-6)12(14)15/h2-4,8,11,13H,5H2,1H3. The van der Waals surface area contributed by atoms with Crippen molar-refractivity contribution in [3.8, 4) is 0 Å². The fourth-order valence-corrected chi connectivity index (χ4v) is 1.25. The average molecular weight is 214 g/mol. The van der Waals surface area contributed by atoms with Crippen LogP contribution in [-0.2, 0) is 0 Å². The zero-order valence-electron chi connectivity index (χ0n) is 8.11. The van der Waals surface area contributed by atoms with Gasteiger partial charge in [0.2, 0.25) is 5.82 Å². The zero-order valence-corrected chi connectivity index (χ0v) is 8.11. The van der Waals surface area contributed by atoms with E-state index in [1.807, 2.05) is 0 Å². The molecule has 0 aliphatic rings. The maximum absolute atomic E-state index is 13.0. The van der Waals surface area contributed by atoms with E-state index >= 15 is 0 Å². The van der Waals surface area contributed by atoms with Gasteiger partial charge in [0.15, 0.2) is 0 Å². The predicted molar refractivity (Wildman–Crippen MR) is 51.9 cm³/mol. The monoisotopic (exact) mass is 214 g/mol. The van der Waals surface area contributed by atoms with Crippen LogP contribution in [-0.4, -0.2) is 23.7 Å². The Bertz CT molecular complexity index is 366. The first-order chi connectivity index (χ1) is 7.10. The molecule has 1 rings (SSSR count). The molecule has 0 aromatic heterocycles. The van der Waals surface area contributed by atoms with Crippen LogP contribution in [0.15, 0.2) is 18.2 Å². The Labute approximate surface area is 85.7 Å². The number of hydrogen-bond donors (Lipinski definition) is 2. The Morgan fingerprint density at radius 1 is 1.67 bits per heavy atom. The molecule has 0 aliphatic carbocycles. The molecule has 0 radical (unpaired) electrons. The molecule has 1 aromatic rings. The number of halogens is 1. The van der Waals surface area contributed by atoms with Crippen LogP contribution in [0.1, 0.15) is 11.6 Å². The highest BCUT2D eigenvalue weighted by Gasteiger charge is 2.17. The van der Waals surface area contributed by atoms with Crippen molar-refractivity contribution in [3.05, 3.63) is 39.7 Å². The highest BCUT2D eigenvalue weighted by atomic mass is 19.1. The lowest BCUT2D eigenvalue weighted by Crippen LogP contribution is -2.20. The lowest BCUT2D eigenvalue weighted by Gasteiger charge is -2.12. The van der Waals surface area contributed by atoms with Crippen molar-refractivity contribution >= 4 is 5.69 Å². The highest BCUT2D eigenvalue weighted by molar-refractivity contribution is 5.37. The predicted octanol–water partition coefficient (Wildman–Crippen LogP) is 0.987. The third-order valence-corrected chi connectivity index (χ3v) is 2.10. The topological polar surface area (TPSA) is 75.4 Å². The Morgan fingerprint density at radius 2 is 2.33 bits per heavy atom. The molecule has 5 nitrogen and oxygen atoms in total.